The Morgan fingerprint density at radius 3 is 2.61 bits per heavy atom. The fourth-order valence-electron chi connectivity index (χ4n) is 2.12. The van der Waals surface area contributed by atoms with Crippen LogP contribution in [0.1, 0.15) is 23.2 Å². The Bertz CT molecular complexity index is 446. The molecule has 2 rings (SSSR count). The third-order valence-corrected chi connectivity index (χ3v) is 3.19. The number of methoxy groups -OCH3 is 1. The number of hydrogen-bond acceptors (Lipinski definition) is 4. The number of carbonyl (C=O) groups is 2. The van der Waals surface area contributed by atoms with Gasteiger partial charge in [0.2, 0.25) is 0 Å². The predicted octanol–water partition coefficient (Wildman–Crippen LogP) is 1.54. The number of ether oxygens (including phenoxy) is 1. The molecule has 4 nitrogen and oxygen atoms in total. The summed E-state index contributed by atoms with van der Waals surface area (Å²) >= 11 is 0. The van der Waals surface area contributed by atoms with Crippen molar-refractivity contribution in [1.29, 1.82) is 0 Å². The van der Waals surface area contributed by atoms with Crippen molar-refractivity contribution in [3.8, 4) is 5.75 Å². The number of benzene rings is 1. The van der Waals surface area contributed by atoms with E-state index in [1.807, 2.05) is 17.0 Å². The Hall–Kier alpha value is -1.68. The number of likely N-dealkylation sites (tertiary alicyclic amines) is 1. The van der Waals surface area contributed by atoms with E-state index in [2.05, 4.69) is 0 Å². The van der Waals surface area contributed by atoms with Crippen molar-refractivity contribution in [3.05, 3.63) is 29.8 Å². The van der Waals surface area contributed by atoms with Crippen LogP contribution in [0.5, 0.6) is 5.75 Å². The average Bonchev–Trinajstić information content (AvgIpc) is 2.41. The summed E-state index contributed by atoms with van der Waals surface area (Å²) in [5.41, 5.74) is 0.608. The number of carbonyl (C=O) groups excluding carboxylic acids is 2. The Morgan fingerprint density at radius 1 is 1.28 bits per heavy atom. The zero-order valence-electron chi connectivity index (χ0n) is 10.5. The fourth-order valence-corrected chi connectivity index (χ4v) is 2.12. The molecule has 96 valence electrons. The van der Waals surface area contributed by atoms with Crippen molar-refractivity contribution in [1.82, 2.24) is 4.90 Å². The SMILES string of the molecule is COc1ccccc1C(=O)CN1CCC(=O)CC1. The molecule has 0 atom stereocenters. The number of rotatable bonds is 4. The van der Waals surface area contributed by atoms with Crippen molar-refractivity contribution in [2.24, 2.45) is 0 Å². The van der Waals surface area contributed by atoms with Gasteiger partial charge in [0.05, 0.1) is 19.2 Å². The molecule has 1 aliphatic heterocycles. The molecule has 18 heavy (non-hydrogen) atoms. The molecule has 0 radical (unpaired) electrons. The Balaban J connectivity index is 2.01. The van der Waals surface area contributed by atoms with E-state index < -0.39 is 0 Å². The van der Waals surface area contributed by atoms with Gasteiger partial charge in [-0.2, -0.15) is 0 Å². The summed E-state index contributed by atoms with van der Waals surface area (Å²) in [5.74, 6) is 0.938. The van der Waals surface area contributed by atoms with Gasteiger partial charge < -0.3 is 4.74 Å². The summed E-state index contributed by atoms with van der Waals surface area (Å²) in [6.45, 7) is 1.72. The Morgan fingerprint density at radius 2 is 1.94 bits per heavy atom. The van der Waals surface area contributed by atoms with Gasteiger partial charge >= 0.3 is 0 Å². The lowest BCUT2D eigenvalue weighted by Gasteiger charge is -2.25. The van der Waals surface area contributed by atoms with E-state index in [1.165, 1.54) is 0 Å². The van der Waals surface area contributed by atoms with Gasteiger partial charge in [-0.15, -0.1) is 0 Å². The second-order valence-corrected chi connectivity index (χ2v) is 4.44. The number of hydrogen-bond donors (Lipinski definition) is 0. The van der Waals surface area contributed by atoms with E-state index in [0.29, 0.717) is 43.8 Å². The van der Waals surface area contributed by atoms with Gasteiger partial charge in [0, 0.05) is 25.9 Å². The maximum atomic E-state index is 12.2. The van der Waals surface area contributed by atoms with Gasteiger partial charge in [0.15, 0.2) is 5.78 Å². The average molecular weight is 247 g/mol. The second kappa shape index (κ2) is 5.78. The molecule has 0 aliphatic carbocycles. The van der Waals surface area contributed by atoms with Crippen LogP contribution in [0.25, 0.3) is 0 Å². The molecule has 1 aromatic rings. The summed E-state index contributed by atoms with van der Waals surface area (Å²) < 4.78 is 5.18. The third-order valence-electron chi connectivity index (χ3n) is 3.19. The lowest BCUT2D eigenvalue weighted by Crippen LogP contribution is -2.37. The van der Waals surface area contributed by atoms with Gasteiger partial charge in [-0.25, -0.2) is 0 Å². The highest BCUT2D eigenvalue weighted by Gasteiger charge is 2.20. The van der Waals surface area contributed by atoms with Crippen LogP contribution >= 0.6 is 0 Å². The molecule has 0 spiro atoms. The number of Topliss-reactive ketones (excluding diaryl/α,β-unsaturated/α-hetero) is 2. The van der Waals surface area contributed by atoms with Crippen LogP contribution in [0.4, 0.5) is 0 Å². The summed E-state index contributed by atoms with van der Waals surface area (Å²) in [6.07, 6.45) is 1.11. The van der Waals surface area contributed by atoms with Crippen LogP contribution < -0.4 is 4.74 Å². The van der Waals surface area contributed by atoms with E-state index in [1.54, 1.807) is 19.2 Å². The largest absolute Gasteiger partial charge is 0.496 e. The molecular weight excluding hydrogens is 230 g/mol. The lowest BCUT2D eigenvalue weighted by atomic mass is 10.1. The van der Waals surface area contributed by atoms with Crippen molar-refractivity contribution >= 4 is 11.6 Å². The molecule has 0 bridgehead atoms. The molecule has 1 aromatic carbocycles. The normalized spacial score (nSPS) is 16.6. The number of ketones is 2. The lowest BCUT2D eigenvalue weighted by molar-refractivity contribution is -0.121. The van der Waals surface area contributed by atoms with Crippen molar-refractivity contribution in [2.45, 2.75) is 12.8 Å². The maximum absolute atomic E-state index is 12.2. The Labute approximate surface area is 107 Å². The maximum Gasteiger partial charge on any atom is 0.180 e. The van der Waals surface area contributed by atoms with Gasteiger partial charge in [-0.3, -0.25) is 14.5 Å². The van der Waals surface area contributed by atoms with Gasteiger partial charge in [-0.1, -0.05) is 12.1 Å². The predicted molar refractivity (Wildman–Crippen MR) is 68.0 cm³/mol. The second-order valence-electron chi connectivity index (χ2n) is 4.44. The highest BCUT2D eigenvalue weighted by molar-refractivity contribution is 6.00. The van der Waals surface area contributed by atoms with Crippen LogP contribution in [-0.4, -0.2) is 43.2 Å². The van der Waals surface area contributed by atoms with Gasteiger partial charge in [-0.05, 0) is 12.1 Å². The first-order chi connectivity index (χ1) is 8.70. The van der Waals surface area contributed by atoms with Gasteiger partial charge in [0.25, 0.3) is 0 Å². The molecule has 4 heteroatoms. The molecule has 1 saturated heterocycles. The quantitative estimate of drug-likeness (QED) is 0.757. The van der Waals surface area contributed by atoms with Crippen LogP contribution in [0.2, 0.25) is 0 Å². The highest BCUT2D eigenvalue weighted by atomic mass is 16.5. The summed E-state index contributed by atoms with van der Waals surface area (Å²) in [7, 11) is 1.56. The van der Waals surface area contributed by atoms with Crippen molar-refractivity contribution in [3.63, 3.8) is 0 Å². The molecule has 0 amide bonds. The molecule has 0 saturated carbocycles. The summed E-state index contributed by atoms with van der Waals surface area (Å²) in [5, 5.41) is 0. The smallest absolute Gasteiger partial charge is 0.180 e. The number of para-hydroxylation sites is 1. The van der Waals surface area contributed by atoms with Crippen molar-refractivity contribution < 1.29 is 14.3 Å². The van der Waals surface area contributed by atoms with Crippen LogP contribution in [0.15, 0.2) is 24.3 Å². The molecule has 0 N–H and O–H groups in total. The fraction of sp³-hybridized carbons (Fsp3) is 0.429. The van der Waals surface area contributed by atoms with E-state index >= 15 is 0 Å². The monoisotopic (exact) mass is 247 g/mol. The van der Waals surface area contributed by atoms with E-state index in [4.69, 9.17) is 4.74 Å². The highest BCUT2D eigenvalue weighted by Crippen LogP contribution is 2.18. The molecule has 0 aromatic heterocycles. The van der Waals surface area contributed by atoms with E-state index in [0.717, 1.165) is 0 Å². The molecule has 1 aliphatic rings. The van der Waals surface area contributed by atoms with Crippen molar-refractivity contribution in [2.75, 3.05) is 26.7 Å². The van der Waals surface area contributed by atoms with E-state index in [9.17, 15) is 9.59 Å². The zero-order valence-corrected chi connectivity index (χ0v) is 10.5. The minimum absolute atomic E-state index is 0.0433. The number of piperidine rings is 1. The molecule has 1 heterocycles. The molecule has 0 unspecified atom stereocenters. The minimum atomic E-state index is 0.0433. The van der Waals surface area contributed by atoms with Gasteiger partial charge in [0.1, 0.15) is 11.5 Å². The Kier molecular flexibility index (Phi) is 4.10. The van der Waals surface area contributed by atoms with Crippen LogP contribution in [-0.2, 0) is 4.79 Å². The first kappa shape index (κ1) is 12.8. The molecule has 1 fully saturated rings. The van der Waals surface area contributed by atoms with Crippen LogP contribution in [0, 0.1) is 0 Å². The molecular formula is C14H17NO3. The summed E-state index contributed by atoms with van der Waals surface area (Å²) in [4.78, 5) is 25.3. The topological polar surface area (TPSA) is 46.6 Å². The zero-order chi connectivity index (χ0) is 13.0. The first-order valence-corrected chi connectivity index (χ1v) is 6.11. The van der Waals surface area contributed by atoms with Crippen LogP contribution in [0.3, 0.4) is 0 Å². The summed E-state index contributed by atoms with van der Waals surface area (Å²) in [6, 6.07) is 7.23. The first-order valence-electron chi connectivity index (χ1n) is 6.11. The van der Waals surface area contributed by atoms with E-state index in [-0.39, 0.29) is 11.6 Å². The minimum Gasteiger partial charge on any atom is -0.496 e. The third kappa shape index (κ3) is 2.96. The number of nitrogens with zero attached hydrogens (tertiary/aromatic N) is 1. The standard InChI is InChI=1S/C14H17NO3/c1-18-14-5-3-2-4-12(14)13(17)10-15-8-6-11(16)7-9-15/h2-5H,6-10H2,1H3.